The molecule has 1 saturated heterocycles. The predicted molar refractivity (Wildman–Crippen MR) is 94.2 cm³/mol. The van der Waals surface area contributed by atoms with E-state index >= 15 is 0 Å². The topological polar surface area (TPSA) is 29.9 Å². The molecule has 1 aromatic heterocycles. The summed E-state index contributed by atoms with van der Waals surface area (Å²) < 4.78 is 2.25. The molecule has 0 bridgehead atoms. The molecule has 0 radical (unpaired) electrons. The molecule has 2 aromatic carbocycles. The third kappa shape index (κ3) is 2.92. The number of benzene rings is 2. The quantitative estimate of drug-likeness (QED) is 0.788. The Kier molecular flexibility index (Phi) is 3.95. The van der Waals surface area contributed by atoms with Crippen LogP contribution in [0.2, 0.25) is 0 Å². The Morgan fingerprint density at radius 2 is 1.43 bits per heavy atom. The first-order chi connectivity index (χ1) is 11.4. The van der Waals surface area contributed by atoms with Crippen LogP contribution >= 0.6 is 0 Å². The van der Waals surface area contributed by atoms with Crippen molar-refractivity contribution < 1.29 is 0 Å². The number of nitrogens with one attached hydrogen (secondary N) is 1. The van der Waals surface area contributed by atoms with E-state index in [2.05, 4.69) is 70.7 Å². The molecule has 2 heterocycles. The van der Waals surface area contributed by atoms with Crippen molar-refractivity contribution >= 4 is 0 Å². The van der Waals surface area contributed by atoms with Gasteiger partial charge in [0.25, 0.3) is 0 Å². The van der Waals surface area contributed by atoms with Crippen LogP contribution in [-0.2, 0) is 0 Å². The van der Waals surface area contributed by atoms with E-state index in [1.54, 1.807) is 0 Å². The van der Waals surface area contributed by atoms with Gasteiger partial charge in [-0.05, 0) is 37.6 Å². The monoisotopic (exact) mass is 303 g/mol. The molecule has 1 fully saturated rings. The molecule has 116 valence electrons. The van der Waals surface area contributed by atoms with Gasteiger partial charge in [0.15, 0.2) is 0 Å². The number of hydrogen-bond acceptors (Lipinski definition) is 2. The zero-order valence-electron chi connectivity index (χ0n) is 13.2. The fourth-order valence-corrected chi connectivity index (χ4v) is 3.30. The van der Waals surface area contributed by atoms with Gasteiger partial charge in [0.1, 0.15) is 0 Å². The molecule has 1 aliphatic rings. The lowest BCUT2D eigenvalue weighted by Gasteiger charge is -2.24. The summed E-state index contributed by atoms with van der Waals surface area (Å²) in [5.74, 6) is 0. The summed E-state index contributed by atoms with van der Waals surface area (Å²) in [6, 6.07) is 23.7. The molecule has 1 N–H and O–H groups in total. The van der Waals surface area contributed by atoms with Crippen molar-refractivity contribution in [2.24, 2.45) is 0 Å². The van der Waals surface area contributed by atoms with Crippen LogP contribution in [0.5, 0.6) is 0 Å². The zero-order chi connectivity index (χ0) is 15.5. The van der Waals surface area contributed by atoms with Crippen LogP contribution in [0.15, 0.2) is 66.7 Å². The summed E-state index contributed by atoms with van der Waals surface area (Å²) in [6.45, 7) is 2.14. The molecule has 3 heteroatoms. The van der Waals surface area contributed by atoms with Gasteiger partial charge in [-0.25, -0.2) is 0 Å². The largest absolute Gasteiger partial charge is 0.317 e. The van der Waals surface area contributed by atoms with Crippen LogP contribution in [0.4, 0.5) is 0 Å². The second-order valence-electron chi connectivity index (χ2n) is 6.07. The molecule has 3 aromatic rings. The van der Waals surface area contributed by atoms with E-state index in [4.69, 9.17) is 5.10 Å². The number of piperidine rings is 1. The van der Waals surface area contributed by atoms with Gasteiger partial charge in [-0.1, -0.05) is 60.7 Å². The van der Waals surface area contributed by atoms with Crippen molar-refractivity contribution in [3.05, 3.63) is 66.7 Å². The lowest BCUT2D eigenvalue weighted by Crippen LogP contribution is -2.30. The third-order valence-corrected chi connectivity index (χ3v) is 4.53. The van der Waals surface area contributed by atoms with E-state index in [0.717, 1.165) is 31.6 Å². The van der Waals surface area contributed by atoms with Crippen molar-refractivity contribution in [3.8, 4) is 22.5 Å². The minimum atomic E-state index is 0.476. The molecule has 1 aliphatic heterocycles. The minimum Gasteiger partial charge on any atom is -0.317 e. The fourth-order valence-electron chi connectivity index (χ4n) is 3.30. The summed E-state index contributed by atoms with van der Waals surface area (Å²) in [6.07, 6.45) is 2.27. The number of nitrogens with zero attached hydrogens (tertiary/aromatic N) is 2. The minimum absolute atomic E-state index is 0.476. The molecule has 0 spiro atoms. The molecule has 0 aliphatic carbocycles. The van der Waals surface area contributed by atoms with Crippen LogP contribution in [0.3, 0.4) is 0 Å². The number of rotatable bonds is 3. The van der Waals surface area contributed by atoms with Crippen LogP contribution in [0.25, 0.3) is 22.5 Å². The normalized spacial score (nSPS) is 15.7. The van der Waals surface area contributed by atoms with E-state index in [9.17, 15) is 0 Å². The fraction of sp³-hybridized carbons (Fsp3) is 0.250. The van der Waals surface area contributed by atoms with Gasteiger partial charge in [0, 0.05) is 5.56 Å². The summed E-state index contributed by atoms with van der Waals surface area (Å²) >= 11 is 0. The van der Waals surface area contributed by atoms with Crippen LogP contribution in [-0.4, -0.2) is 22.9 Å². The highest BCUT2D eigenvalue weighted by atomic mass is 15.3. The molecular formula is C20H21N3. The maximum Gasteiger partial charge on any atom is 0.0929 e. The Bertz CT molecular complexity index is 756. The summed E-state index contributed by atoms with van der Waals surface area (Å²) in [5.41, 5.74) is 4.69. The van der Waals surface area contributed by atoms with E-state index in [1.807, 2.05) is 6.07 Å². The average Bonchev–Trinajstić information content (AvgIpc) is 3.09. The third-order valence-electron chi connectivity index (χ3n) is 4.53. The Morgan fingerprint density at radius 1 is 0.826 bits per heavy atom. The second-order valence-corrected chi connectivity index (χ2v) is 6.07. The molecule has 0 saturated carbocycles. The van der Waals surface area contributed by atoms with Crippen LogP contribution < -0.4 is 5.32 Å². The highest BCUT2D eigenvalue weighted by Gasteiger charge is 2.20. The van der Waals surface area contributed by atoms with Gasteiger partial charge in [-0.15, -0.1) is 0 Å². The average molecular weight is 303 g/mol. The highest BCUT2D eigenvalue weighted by molar-refractivity contribution is 5.68. The van der Waals surface area contributed by atoms with Gasteiger partial charge in [0.2, 0.25) is 0 Å². The Labute approximate surface area is 137 Å². The zero-order valence-corrected chi connectivity index (χ0v) is 13.2. The molecule has 23 heavy (non-hydrogen) atoms. The molecule has 4 rings (SSSR count). The van der Waals surface area contributed by atoms with Gasteiger partial charge >= 0.3 is 0 Å². The SMILES string of the molecule is c1ccc(-c2cc(-c3ccccc3)n(C3CCNCC3)n2)cc1. The Morgan fingerprint density at radius 3 is 2.09 bits per heavy atom. The second kappa shape index (κ2) is 6.39. The maximum atomic E-state index is 4.97. The van der Waals surface area contributed by atoms with Crippen molar-refractivity contribution in [1.29, 1.82) is 0 Å². The first kappa shape index (κ1) is 14.2. The lowest BCUT2D eigenvalue weighted by molar-refractivity contribution is 0.346. The van der Waals surface area contributed by atoms with E-state index < -0.39 is 0 Å². The first-order valence-corrected chi connectivity index (χ1v) is 8.33. The molecule has 0 atom stereocenters. The van der Waals surface area contributed by atoms with E-state index in [1.165, 1.54) is 16.8 Å². The number of hydrogen-bond donors (Lipinski definition) is 1. The standard InChI is InChI=1S/C20H21N3/c1-3-7-16(8-4-1)19-15-20(17-9-5-2-6-10-17)23(22-19)18-11-13-21-14-12-18/h1-10,15,18,21H,11-14H2. The molecule has 0 unspecified atom stereocenters. The van der Waals surface area contributed by atoms with E-state index in [-0.39, 0.29) is 0 Å². The molecular weight excluding hydrogens is 282 g/mol. The predicted octanol–water partition coefficient (Wildman–Crippen LogP) is 4.14. The Balaban J connectivity index is 1.80. The van der Waals surface area contributed by atoms with E-state index in [0.29, 0.717) is 6.04 Å². The smallest absolute Gasteiger partial charge is 0.0929 e. The van der Waals surface area contributed by atoms with Crippen LogP contribution in [0.1, 0.15) is 18.9 Å². The summed E-state index contributed by atoms with van der Waals surface area (Å²) in [7, 11) is 0. The number of aromatic nitrogens is 2. The lowest BCUT2D eigenvalue weighted by atomic mass is 10.1. The Hall–Kier alpha value is -2.39. The van der Waals surface area contributed by atoms with Gasteiger partial charge in [-0.2, -0.15) is 5.10 Å². The van der Waals surface area contributed by atoms with Crippen molar-refractivity contribution in [1.82, 2.24) is 15.1 Å². The highest BCUT2D eigenvalue weighted by Crippen LogP contribution is 2.31. The molecule has 3 nitrogen and oxygen atoms in total. The van der Waals surface area contributed by atoms with Gasteiger partial charge in [0.05, 0.1) is 17.4 Å². The van der Waals surface area contributed by atoms with Gasteiger partial charge in [-0.3, -0.25) is 4.68 Å². The van der Waals surface area contributed by atoms with Crippen molar-refractivity contribution in [2.45, 2.75) is 18.9 Å². The summed E-state index contributed by atoms with van der Waals surface area (Å²) in [4.78, 5) is 0. The van der Waals surface area contributed by atoms with Crippen molar-refractivity contribution in [3.63, 3.8) is 0 Å². The van der Waals surface area contributed by atoms with Crippen LogP contribution in [0, 0.1) is 0 Å². The van der Waals surface area contributed by atoms with Crippen molar-refractivity contribution in [2.75, 3.05) is 13.1 Å². The van der Waals surface area contributed by atoms with Gasteiger partial charge < -0.3 is 5.32 Å². The molecule has 0 amide bonds. The first-order valence-electron chi connectivity index (χ1n) is 8.33. The maximum absolute atomic E-state index is 4.97. The summed E-state index contributed by atoms with van der Waals surface area (Å²) in [5, 5.41) is 8.41.